The number of primary sulfonamides is 1. The van der Waals surface area contributed by atoms with Crippen molar-refractivity contribution in [3.63, 3.8) is 0 Å². The van der Waals surface area contributed by atoms with Crippen molar-refractivity contribution in [2.45, 2.75) is 88.0 Å². The van der Waals surface area contributed by atoms with E-state index in [1.165, 1.54) is 6.07 Å². The lowest BCUT2D eigenvalue weighted by atomic mass is 9.82. The third kappa shape index (κ3) is 5.71. The van der Waals surface area contributed by atoms with Gasteiger partial charge in [0, 0.05) is 28.8 Å². The Morgan fingerprint density at radius 2 is 1.67 bits per heavy atom. The fourth-order valence-electron chi connectivity index (χ4n) is 5.84. The first-order valence-electron chi connectivity index (χ1n) is 13.5. The maximum Gasteiger partial charge on any atom is 0.240 e. The number of hydrogen-bond acceptors (Lipinski definition) is 5. The Morgan fingerprint density at radius 3 is 2.33 bits per heavy atom. The summed E-state index contributed by atoms with van der Waals surface area (Å²) in [6, 6.07) is 7.91. The summed E-state index contributed by atoms with van der Waals surface area (Å²) in [5, 5.41) is 16.8. The highest BCUT2D eigenvalue weighted by atomic mass is 32.2. The molecule has 2 aliphatic carbocycles. The number of aromatic nitrogens is 1. The molecule has 0 bridgehead atoms. The molecule has 1 heterocycles. The molecule has 0 saturated heterocycles. The Balaban J connectivity index is 1.83. The lowest BCUT2D eigenvalue weighted by Crippen LogP contribution is -2.23. The maximum absolute atomic E-state index is 14.7. The minimum Gasteiger partial charge on any atom is -0.454 e. The molecule has 3 aromatic rings. The van der Waals surface area contributed by atoms with Crippen molar-refractivity contribution in [1.29, 1.82) is 0 Å². The van der Waals surface area contributed by atoms with Gasteiger partial charge in [0.05, 0.1) is 11.3 Å². The molecule has 0 atom stereocenters. The van der Waals surface area contributed by atoms with Gasteiger partial charge in [-0.3, -0.25) is 4.98 Å². The van der Waals surface area contributed by atoms with Crippen LogP contribution < -0.4 is 9.88 Å². The van der Waals surface area contributed by atoms with Gasteiger partial charge in [-0.25, -0.2) is 22.3 Å². The topological polar surface area (TPSA) is 103 Å². The van der Waals surface area contributed by atoms with Gasteiger partial charge in [0.15, 0.2) is 11.6 Å². The molecule has 0 aliphatic heterocycles. The highest BCUT2D eigenvalue weighted by molar-refractivity contribution is 7.89. The number of fused-ring (bicyclic) bond motifs is 1. The third-order valence-corrected chi connectivity index (χ3v) is 8.78. The number of aliphatic hydroxyl groups is 1. The molecule has 3 N–H and O–H groups in total. The van der Waals surface area contributed by atoms with Gasteiger partial charge in [-0.15, -0.1) is 0 Å². The summed E-state index contributed by atoms with van der Waals surface area (Å²) in [6.07, 6.45) is 7.79. The lowest BCUT2D eigenvalue weighted by molar-refractivity contribution is 0.0786. The Hall–Kier alpha value is -2.88. The van der Waals surface area contributed by atoms with E-state index >= 15 is 0 Å². The molecule has 39 heavy (non-hydrogen) atoms. The number of ether oxygens (including phenoxy) is 1. The average molecular weight is 557 g/mol. The summed E-state index contributed by atoms with van der Waals surface area (Å²) in [5.41, 5.74) is 2.16. The molecule has 1 aromatic heterocycles. The number of hydrogen-bond donors (Lipinski definition) is 2. The van der Waals surface area contributed by atoms with E-state index in [2.05, 4.69) is 0 Å². The van der Waals surface area contributed by atoms with Crippen molar-refractivity contribution in [1.82, 2.24) is 4.98 Å². The SMILES string of the molecule is CC(C)(O)c1ccc(Oc2ccc(F)cc2F)c(-c2c3c(nc(C4CCCCC4)c2S(N)(=O)=O)CCCC3)c1. The van der Waals surface area contributed by atoms with Crippen LogP contribution in [0.3, 0.4) is 0 Å². The second-order valence-corrected chi connectivity index (χ2v) is 12.7. The quantitative estimate of drug-likeness (QED) is 0.355. The van der Waals surface area contributed by atoms with Crippen LogP contribution in [0.1, 0.15) is 87.2 Å². The van der Waals surface area contributed by atoms with Crippen LogP contribution in [-0.4, -0.2) is 18.5 Å². The first-order chi connectivity index (χ1) is 18.4. The molecule has 0 unspecified atom stereocenters. The van der Waals surface area contributed by atoms with E-state index in [-0.39, 0.29) is 22.3 Å². The van der Waals surface area contributed by atoms with Gasteiger partial charge in [0.2, 0.25) is 10.0 Å². The third-order valence-electron chi connectivity index (χ3n) is 7.80. The number of nitrogens with two attached hydrogens (primary N) is 1. The number of pyridine rings is 1. The fourth-order valence-corrected chi connectivity index (χ4v) is 6.86. The first-order valence-corrected chi connectivity index (χ1v) is 15.1. The Labute approximate surface area is 228 Å². The van der Waals surface area contributed by atoms with Crippen molar-refractivity contribution in [3.05, 3.63) is 70.5 Å². The second kappa shape index (κ2) is 10.6. The Morgan fingerprint density at radius 1 is 0.974 bits per heavy atom. The lowest BCUT2D eigenvalue weighted by Gasteiger charge is -2.29. The molecule has 0 radical (unpaired) electrons. The zero-order valence-corrected chi connectivity index (χ0v) is 23.1. The number of sulfonamides is 1. The summed E-state index contributed by atoms with van der Waals surface area (Å²) in [5.74, 6) is -1.71. The zero-order chi connectivity index (χ0) is 27.9. The van der Waals surface area contributed by atoms with Crippen LogP contribution in [0.4, 0.5) is 8.78 Å². The molecule has 5 rings (SSSR count). The Kier molecular flexibility index (Phi) is 7.52. The van der Waals surface area contributed by atoms with Crippen molar-refractivity contribution in [3.8, 4) is 22.6 Å². The van der Waals surface area contributed by atoms with Crippen LogP contribution in [-0.2, 0) is 28.5 Å². The van der Waals surface area contributed by atoms with Crippen LogP contribution in [0.15, 0.2) is 41.3 Å². The number of rotatable bonds is 6. The molecule has 6 nitrogen and oxygen atoms in total. The highest BCUT2D eigenvalue weighted by Gasteiger charge is 2.34. The minimum absolute atomic E-state index is 0.0210. The van der Waals surface area contributed by atoms with Gasteiger partial charge in [0.25, 0.3) is 0 Å². The van der Waals surface area contributed by atoms with E-state index in [4.69, 9.17) is 14.9 Å². The first kappa shape index (κ1) is 27.7. The highest BCUT2D eigenvalue weighted by Crippen LogP contribution is 2.47. The number of aryl methyl sites for hydroxylation is 1. The maximum atomic E-state index is 14.7. The molecule has 9 heteroatoms. The van der Waals surface area contributed by atoms with Crippen LogP contribution >= 0.6 is 0 Å². The normalized spacial score (nSPS) is 16.7. The van der Waals surface area contributed by atoms with Gasteiger partial charge in [0.1, 0.15) is 16.5 Å². The fraction of sp³-hybridized carbons (Fsp3) is 0.433. The smallest absolute Gasteiger partial charge is 0.240 e. The molecule has 0 spiro atoms. The van der Waals surface area contributed by atoms with Gasteiger partial charge in [-0.1, -0.05) is 25.3 Å². The molecule has 0 amide bonds. The summed E-state index contributed by atoms with van der Waals surface area (Å²) in [6.45, 7) is 3.25. The van der Waals surface area contributed by atoms with Crippen molar-refractivity contribution in [2.24, 2.45) is 5.14 Å². The van der Waals surface area contributed by atoms with Gasteiger partial charge >= 0.3 is 0 Å². The number of nitrogens with zero attached hydrogens (tertiary/aromatic N) is 1. The van der Waals surface area contributed by atoms with E-state index in [1.807, 2.05) is 0 Å². The molecule has 1 saturated carbocycles. The van der Waals surface area contributed by atoms with Crippen LogP contribution in [0.25, 0.3) is 11.1 Å². The van der Waals surface area contributed by atoms with Gasteiger partial charge < -0.3 is 9.84 Å². The number of halogens is 2. The standard InChI is InChI=1S/C30H34F2N2O4S/c1-30(2,35)19-12-14-25(38-26-15-13-20(31)17-23(26)32)22(16-19)27-21-10-6-7-11-24(21)34-28(29(27)39(33,36)37)18-8-4-3-5-9-18/h12-18,35H,3-11H2,1-2H3,(H2,33,36,37). The van der Waals surface area contributed by atoms with E-state index in [9.17, 15) is 22.3 Å². The number of benzene rings is 2. The van der Waals surface area contributed by atoms with Crippen LogP contribution in [0.2, 0.25) is 0 Å². The zero-order valence-electron chi connectivity index (χ0n) is 22.3. The van der Waals surface area contributed by atoms with Crippen molar-refractivity contribution < 1.29 is 27.0 Å². The average Bonchev–Trinajstić information content (AvgIpc) is 2.88. The van der Waals surface area contributed by atoms with Crippen molar-refractivity contribution >= 4 is 10.0 Å². The van der Waals surface area contributed by atoms with Crippen LogP contribution in [0, 0.1) is 11.6 Å². The van der Waals surface area contributed by atoms with Crippen molar-refractivity contribution in [2.75, 3.05) is 0 Å². The molecular weight excluding hydrogens is 522 g/mol. The second-order valence-electron chi connectivity index (χ2n) is 11.2. The van der Waals surface area contributed by atoms with E-state index in [0.29, 0.717) is 35.2 Å². The molecule has 1 fully saturated rings. The predicted molar refractivity (Wildman–Crippen MR) is 145 cm³/mol. The Bertz CT molecular complexity index is 1510. The van der Waals surface area contributed by atoms with Gasteiger partial charge in [-0.2, -0.15) is 0 Å². The predicted octanol–water partition coefficient (Wildman–Crippen LogP) is 6.62. The van der Waals surface area contributed by atoms with E-state index in [0.717, 1.165) is 68.3 Å². The summed E-state index contributed by atoms with van der Waals surface area (Å²) in [7, 11) is -4.25. The van der Waals surface area contributed by atoms with E-state index < -0.39 is 27.3 Å². The molecule has 2 aromatic carbocycles. The molecular formula is C30H34F2N2O4S. The van der Waals surface area contributed by atoms with E-state index in [1.54, 1.807) is 32.0 Å². The molecule has 208 valence electrons. The largest absolute Gasteiger partial charge is 0.454 e. The monoisotopic (exact) mass is 556 g/mol. The van der Waals surface area contributed by atoms with Gasteiger partial charge in [-0.05, 0) is 87.8 Å². The summed E-state index contributed by atoms with van der Waals surface area (Å²) < 4.78 is 61.0. The summed E-state index contributed by atoms with van der Waals surface area (Å²) in [4.78, 5) is 4.93. The molecule has 2 aliphatic rings. The summed E-state index contributed by atoms with van der Waals surface area (Å²) >= 11 is 0. The van der Waals surface area contributed by atoms with Crippen LogP contribution in [0.5, 0.6) is 11.5 Å². The minimum atomic E-state index is -4.25.